The molecule has 36 heavy (non-hydrogen) atoms. The number of amides is 2. The summed E-state index contributed by atoms with van der Waals surface area (Å²) in [5.74, 6) is -0.218. The second-order valence-electron chi connectivity index (χ2n) is 10.4. The lowest BCUT2D eigenvalue weighted by Gasteiger charge is -2.34. The van der Waals surface area contributed by atoms with Crippen LogP contribution in [0.15, 0.2) is 48.5 Å². The zero-order valence-electron chi connectivity index (χ0n) is 21.0. The first-order valence-electron chi connectivity index (χ1n) is 13.2. The lowest BCUT2D eigenvalue weighted by molar-refractivity contribution is -0.137. The summed E-state index contributed by atoms with van der Waals surface area (Å²) >= 11 is 0. The number of fused-ring (bicyclic) bond motifs is 1. The van der Waals surface area contributed by atoms with Crippen LogP contribution < -0.4 is 4.90 Å². The van der Waals surface area contributed by atoms with Crippen LogP contribution in [0.4, 0.5) is 10.5 Å². The Morgan fingerprint density at radius 3 is 2.33 bits per heavy atom. The molecule has 1 N–H and O–H groups in total. The van der Waals surface area contributed by atoms with Gasteiger partial charge in [-0.3, -0.25) is 14.6 Å². The van der Waals surface area contributed by atoms with Gasteiger partial charge in [0.05, 0.1) is 0 Å². The molecule has 0 aromatic heterocycles. The minimum Gasteiger partial charge on any atom is -0.481 e. The molecule has 3 aliphatic rings. The molecule has 6 nitrogen and oxygen atoms in total. The van der Waals surface area contributed by atoms with Gasteiger partial charge in [0, 0.05) is 50.9 Å². The lowest BCUT2D eigenvalue weighted by Crippen LogP contribution is -2.41. The molecule has 1 aliphatic carbocycles. The Hall–Kier alpha value is -2.57. The number of hydrogen-bond donors (Lipinski definition) is 1. The van der Waals surface area contributed by atoms with Gasteiger partial charge in [0.15, 0.2) is 0 Å². The van der Waals surface area contributed by atoms with Crippen LogP contribution >= 0.6 is 12.4 Å². The fourth-order valence-electron chi connectivity index (χ4n) is 6.13. The van der Waals surface area contributed by atoms with Crippen LogP contribution in [0.1, 0.15) is 55.2 Å². The van der Waals surface area contributed by atoms with Crippen molar-refractivity contribution in [2.24, 2.45) is 5.92 Å². The van der Waals surface area contributed by atoms with Gasteiger partial charge in [-0.2, -0.15) is 0 Å². The molecule has 1 saturated heterocycles. The molecule has 0 spiro atoms. The fourth-order valence-corrected chi connectivity index (χ4v) is 6.13. The Bertz CT molecular complexity index is 1040. The summed E-state index contributed by atoms with van der Waals surface area (Å²) in [6.07, 6.45) is 7.13. The van der Waals surface area contributed by atoms with Crippen LogP contribution in [0, 0.1) is 5.92 Å². The summed E-state index contributed by atoms with van der Waals surface area (Å²) < 4.78 is 0. The zero-order chi connectivity index (χ0) is 24.2. The Morgan fingerprint density at radius 2 is 1.61 bits per heavy atom. The second kappa shape index (κ2) is 12.1. The van der Waals surface area contributed by atoms with E-state index < -0.39 is 5.97 Å². The Balaban J connectivity index is 0.00000304. The first-order chi connectivity index (χ1) is 17.1. The number of urea groups is 1. The summed E-state index contributed by atoms with van der Waals surface area (Å²) in [5, 5.41) is 8.94. The molecule has 5 rings (SSSR count). The fraction of sp³-hybridized carbons (Fsp3) is 0.517. The quantitative estimate of drug-likeness (QED) is 0.542. The number of carbonyl (C=O) groups is 2. The average molecular weight is 512 g/mol. The highest BCUT2D eigenvalue weighted by Crippen LogP contribution is 2.33. The molecular weight excluding hydrogens is 474 g/mol. The largest absolute Gasteiger partial charge is 0.481 e. The van der Waals surface area contributed by atoms with E-state index in [0.717, 1.165) is 83.4 Å². The number of nitrogens with zero attached hydrogens (tertiary/aromatic N) is 3. The number of carboxylic acids is 1. The van der Waals surface area contributed by atoms with Gasteiger partial charge in [0.1, 0.15) is 0 Å². The van der Waals surface area contributed by atoms with E-state index >= 15 is 0 Å². The van der Waals surface area contributed by atoms with Gasteiger partial charge in [-0.15, -0.1) is 12.4 Å². The minimum absolute atomic E-state index is 0. The molecule has 2 aromatic rings. The molecule has 2 heterocycles. The average Bonchev–Trinajstić information content (AvgIpc) is 3.14. The number of benzene rings is 2. The van der Waals surface area contributed by atoms with E-state index in [0.29, 0.717) is 12.0 Å². The van der Waals surface area contributed by atoms with Crippen molar-refractivity contribution >= 4 is 30.1 Å². The van der Waals surface area contributed by atoms with Crippen molar-refractivity contribution in [3.05, 3.63) is 65.2 Å². The van der Waals surface area contributed by atoms with Gasteiger partial charge in [0.25, 0.3) is 0 Å². The highest BCUT2D eigenvalue weighted by Gasteiger charge is 2.36. The van der Waals surface area contributed by atoms with Gasteiger partial charge < -0.3 is 10.0 Å². The van der Waals surface area contributed by atoms with Crippen molar-refractivity contribution in [1.82, 2.24) is 9.80 Å². The zero-order valence-corrected chi connectivity index (χ0v) is 21.8. The van der Waals surface area contributed by atoms with E-state index in [2.05, 4.69) is 58.3 Å². The van der Waals surface area contributed by atoms with Crippen LogP contribution in [0.2, 0.25) is 0 Å². The molecule has 0 radical (unpaired) electrons. The van der Waals surface area contributed by atoms with E-state index in [9.17, 15) is 9.59 Å². The number of halogens is 1. The number of carbonyl (C=O) groups excluding carboxylic acids is 1. The molecule has 2 amide bonds. The van der Waals surface area contributed by atoms with E-state index in [4.69, 9.17) is 5.11 Å². The third-order valence-corrected chi connectivity index (χ3v) is 8.21. The molecule has 194 valence electrons. The summed E-state index contributed by atoms with van der Waals surface area (Å²) in [7, 11) is 0. The first kappa shape index (κ1) is 26.5. The van der Waals surface area contributed by atoms with E-state index in [1.54, 1.807) is 0 Å². The molecule has 2 aromatic carbocycles. The van der Waals surface area contributed by atoms with Crippen LogP contribution in [0.3, 0.4) is 0 Å². The Morgan fingerprint density at radius 1 is 0.889 bits per heavy atom. The number of rotatable bonds is 7. The number of anilines is 1. The molecule has 7 heteroatoms. The van der Waals surface area contributed by atoms with Crippen molar-refractivity contribution in [2.75, 3.05) is 31.1 Å². The van der Waals surface area contributed by atoms with Gasteiger partial charge in [0.2, 0.25) is 0 Å². The van der Waals surface area contributed by atoms with Crippen molar-refractivity contribution in [1.29, 1.82) is 0 Å². The van der Waals surface area contributed by atoms with E-state index in [-0.39, 0.29) is 24.9 Å². The summed E-state index contributed by atoms with van der Waals surface area (Å²) in [4.78, 5) is 30.8. The van der Waals surface area contributed by atoms with Gasteiger partial charge in [-0.25, -0.2) is 4.79 Å². The highest BCUT2D eigenvalue weighted by atomic mass is 35.5. The second-order valence-corrected chi connectivity index (χ2v) is 10.4. The van der Waals surface area contributed by atoms with E-state index in [1.807, 2.05) is 4.90 Å². The summed E-state index contributed by atoms with van der Waals surface area (Å²) in [6, 6.07) is 17.7. The SMILES string of the molecule is Cl.O=C(O)CCC1CCC(N2CCN(c3ccc4c(c3)CCN(Cc3ccccc3)CC4)C2=O)CC1. The third-order valence-electron chi connectivity index (χ3n) is 8.21. The number of aliphatic carboxylic acids is 1. The predicted octanol–water partition coefficient (Wildman–Crippen LogP) is 5.37. The molecule has 2 aliphatic heterocycles. The molecule has 0 bridgehead atoms. The highest BCUT2D eigenvalue weighted by molar-refractivity contribution is 5.94. The summed E-state index contributed by atoms with van der Waals surface area (Å²) in [6.45, 7) is 4.62. The predicted molar refractivity (Wildman–Crippen MR) is 145 cm³/mol. The van der Waals surface area contributed by atoms with Gasteiger partial charge in [-0.1, -0.05) is 36.4 Å². The minimum atomic E-state index is -0.706. The molecule has 0 unspecified atom stereocenters. The smallest absolute Gasteiger partial charge is 0.324 e. The Labute approximate surface area is 220 Å². The van der Waals surface area contributed by atoms with Gasteiger partial charge >= 0.3 is 12.0 Å². The van der Waals surface area contributed by atoms with Crippen LogP contribution in [-0.4, -0.2) is 59.1 Å². The maximum absolute atomic E-state index is 13.4. The van der Waals surface area contributed by atoms with Crippen LogP contribution in [0.5, 0.6) is 0 Å². The monoisotopic (exact) mass is 511 g/mol. The molecule has 1 saturated carbocycles. The van der Waals surface area contributed by atoms with Crippen molar-refractivity contribution < 1.29 is 14.7 Å². The molecular formula is C29H38ClN3O3. The number of hydrogen-bond acceptors (Lipinski definition) is 3. The standard InChI is InChI=1S/C29H37N3O3.ClH/c33-28(34)13-8-22-6-10-26(11-7-22)31-18-19-32(29(31)35)27-12-9-24-14-16-30(17-15-25(24)20-27)21-23-4-2-1-3-5-23;/h1-5,9,12,20,22,26H,6-8,10-11,13-19,21H2,(H,33,34);1H. The number of carboxylic acid groups (broad SMARTS) is 1. The van der Waals surface area contributed by atoms with Crippen LogP contribution in [0.25, 0.3) is 0 Å². The normalized spacial score (nSPS) is 22.6. The third kappa shape index (κ3) is 6.22. The lowest BCUT2D eigenvalue weighted by atomic mass is 9.83. The van der Waals surface area contributed by atoms with E-state index in [1.165, 1.54) is 16.7 Å². The summed E-state index contributed by atoms with van der Waals surface area (Å²) in [5.41, 5.74) is 5.18. The molecule has 0 atom stereocenters. The Kier molecular flexibility index (Phi) is 8.91. The van der Waals surface area contributed by atoms with Crippen molar-refractivity contribution in [3.8, 4) is 0 Å². The first-order valence-corrected chi connectivity index (χ1v) is 13.2. The molecule has 2 fully saturated rings. The van der Waals surface area contributed by atoms with Crippen molar-refractivity contribution in [3.63, 3.8) is 0 Å². The van der Waals surface area contributed by atoms with Gasteiger partial charge in [-0.05, 0) is 79.7 Å². The maximum atomic E-state index is 13.4. The van der Waals surface area contributed by atoms with Crippen molar-refractivity contribution in [2.45, 2.75) is 64.0 Å². The van der Waals surface area contributed by atoms with Crippen LogP contribution in [-0.2, 0) is 24.2 Å². The topological polar surface area (TPSA) is 64.1 Å². The maximum Gasteiger partial charge on any atom is 0.324 e.